The molecule has 2 amide bonds. The SMILES string of the molecule is COC(=O)[C@H](Cc1ccccc1)NC(=O)NCc1cccc(-c2ccc([C@@H]3O[C@H](CSc4nnc(C)s4)[C@H](C)[C@H](c4ccc(CO)cc4)O3)cc2)c1. The number of aliphatic hydroxyl groups excluding tert-OH is 1. The lowest BCUT2D eigenvalue weighted by Crippen LogP contribution is -2.47. The fourth-order valence-electron chi connectivity index (χ4n) is 6.07. The van der Waals surface area contributed by atoms with Crippen LogP contribution in [0.5, 0.6) is 0 Å². The number of rotatable bonds is 13. The summed E-state index contributed by atoms with van der Waals surface area (Å²) in [5.41, 5.74) is 6.60. The molecule has 270 valence electrons. The van der Waals surface area contributed by atoms with Gasteiger partial charge in [0.25, 0.3) is 0 Å². The topological polar surface area (TPSA) is 132 Å². The molecule has 3 N–H and O–H groups in total. The number of urea groups is 1. The van der Waals surface area contributed by atoms with Gasteiger partial charge < -0.3 is 30.0 Å². The predicted molar refractivity (Wildman–Crippen MR) is 202 cm³/mol. The Balaban J connectivity index is 1.12. The van der Waals surface area contributed by atoms with Gasteiger partial charge in [0.1, 0.15) is 11.0 Å². The molecule has 0 saturated carbocycles. The molecule has 0 bridgehead atoms. The molecule has 0 unspecified atom stereocenters. The molecular formula is C40H42N4O6S2. The fourth-order valence-corrected chi connectivity index (χ4v) is 8.08. The van der Waals surface area contributed by atoms with Gasteiger partial charge in [0.2, 0.25) is 0 Å². The number of carbonyl (C=O) groups is 2. The molecule has 1 aliphatic heterocycles. The second-order valence-electron chi connectivity index (χ2n) is 12.6. The van der Waals surface area contributed by atoms with Gasteiger partial charge in [-0.15, -0.1) is 10.2 Å². The van der Waals surface area contributed by atoms with Crippen LogP contribution < -0.4 is 10.6 Å². The molecule has 1 aromatic heterocycles. The molecule has 5 atom stereocenters. The highest BCUT2D eigenvalue weighted by Gasteiger charge is 2.38. The van der Waals surface area contributed by atoms with Gasteiger partial charge in [-0.2, -0.15) is 0 Å². The van der Waals surface area contributed by atoms with Crippen molar-refractivity contribution in [3.8, 4) is 11.1 Å². The zero-order valence-electron chi connectivity index (χ0n) is 29.2. The summed E-state index contributed by atoms with van der Waals surface area (Å²) in [4.78, 5) is 25.2. The number of carbonyl (C=O) groups excluding carboxylic acids is 2. The number of aliphatic hydroxyl groups is 1. The maximum atomic E-state index is 12.8. The van der Waals surface area contributed by atoms with Crippen LogP contribution in [0.2, 0.25) is 0 Å². The van der Waals surface area contributed by atoms with E-state index in [1.807, 2.05) is 110 Å². The Bertz CT molecular complexity index is 1920. The number of esters is 1. The molecule has 1 saturated heterocycles. The van der Waals surface area contributed by atoms with Crippen molar-refractivity contribution in [2.45, 2.75) is 62.3 Å². The molecule has 1 fully saturated rings. The molecule has 1 aliphatic rings. The number of hydrogen-bond acceptors (Lipinski definition) is 10. The summed E-state index contributed by atoms with van der Waals surface area (Å²) >= 11 is 3.22. The second-order valence-corrected chi connectivity index (χ2v) is 15.1. The second kappa shape index (κ2) is 17.8. The maximum Gasteiger partial charge on any atom is 0.328 e. The van der Waals surface area contributed by atoms with Crippen LogP contribution in [-0.4, -0.2) is 52.3 Å². The molecule has 5 aromatic rings. The van der Waals surface area contributed by atoms with E-state index in [1.54, 1.807) is 23.1 Å². The summed E-state index contributed by atoms with van der Waals surface area (Å²) < 4.78 is 19.1. The van der Waals surface area contributed by atoms with Gasteiger partial charge in [-0.1, -0.05) is 127 Å². The zero-order chi connectivity index (χ0) is 36.5. The van der Waals surface area contributed by atoms with E-state index in [0.717, 1.165) is 48.3 Å². The maximum absolute atomic E-state index is 12.8. The molecule has 0 radical (unpaired) electrons. The first-order valence-electron chi connectivity index (χ1n) is 17.1. The number of ether oxygens (including phenoxy) is 3. The van der Waals surface area contributed by atoms with Gasteiger partial charge in [-0.25, -0.2) is 9.59 Å². The minimum absolute atomic E-state index is 0.0125. The minimum Gasteiger partial charge on any atom is -0.467 e. The van der Waals surface area contributed by atoms with Crippen molar-refractivity contribution >= 4 is 35.1 Å². The van der Waals surface area contributed by atoms with E-state index in [2.05, 4.69) is 27.8 Å². The van der Waals surface area contributed by atoms with Crippen LogP contribution in [0.1, 0.15) is 52.1 Å². The van der Waals surface area contributed by atoms with Gasteiger partial charge in [0, 0.05) is 30.2 Å². The average Bonchev–Trinajstić information content (AvgIpc) is 3.61. The van der Waals surface area contributed by atoms with Crippen LogP contribution in [-0.2, 0) is 38.6 Å². The Labute approximate surface area is 311 Å². The number of benzene rings is 4. The third-order valence-corrected chi connectivity index (χ3v) is 11.0. The Morgan fingerprint density at radius 1 is 0.885 bits per heavy atom. The van der Waals surface area contributed by atoms with Gasteiger partial charge in [-0.3, -0.25) is 0 Å². The van der Waals surface area contributed by atoms with Crippen molar-refractivity contribution in [1.29, 1.82) is 0 Å². The number of aryl methyl sites for hydroxylation is 1. The van der Waals surface area contributed by atoms with E-state index < -0.39 is 24.3 Å². The van der Waals surface area contributed by atoms with Crippen molar-refractivity contribution in [1.82, 2.24) is 20.8 Å². The molecule has 0 aliphatic carbocycles. The van der Waals surface area contributed by atoms with Gasteiger partial charge in [0.05, 0.1) is 25.9 Å². The molecule has 12 heteroatoms. The lowest BCUT2D eigenvalue weighted by Gasteiger charge is -2.41. The van der Waals surface area contributed by atoms with Crippen LogP contribution in [0.15, 0.2) is 107 Å². The highest BCUT2D eigenvalue weighted by Crippen LogP contribution is 2.43. The number of thioether (sulfide) groups is 1. The Morgan fingerprint density at radius 3 is 2.31 bits per heavy atom. The number of nitrogens with one attached hydrogen (secondary N) is 2. The first-order chi connectivity index (χ1) is 25.3. The van der Waals surface area contributed by atoms with E-state index >= 15 is 0 Å². The largest absolute Gasteiger partial charge is 0.467 e. The van der Waals surface area contributed by atoms with Crippen molar-refractivity contribution in [2.24, 2.45) is 5.92 Å². The molecule has 52 heavy (non-hydrogen) atoms. The third kappa shape index (κ3) is 9.64. The number of methoxy groups -OCH3 is 1. The molecule has 10 nitrogen and oxygen atoms in total. The quantitative estimate of drug-likeness (QED) is 0.0850. The van der Waals surface area contributed by atoms with Crippen molar-refractivity contribution in [2.75, 3.05) is 12.9 Å². The van der Waals surface area contributed by atoms with E-state index in [9.17, 15) is 14.7 Å². The van der Waals surface area contributed by atoms with E-state index in [-0.39, 0.29) is 31.3 Å². The van der Waals surface area contributed by atoms with Crippen LogP contribution in [0.25, 0.3) is 11.1 Å². The van der Waals surface area contributed by atoms with Crippen LogP contribution in [0.3, 0.4) is 0 Å². The molecule has 2 heterocycles. The number of amides is 2. The summed E-state index contributed by atoms with van der Waals surface area (Å²) in [7, 11) is 1.31. The number of aromatic nitrogens is 2. The van der Waals surface area contributed by atoms with Gasteiger partial charge in [0.15, 0.2) is 10.6 Å². The lowest BCUT2D eigenvalue weighted by molar-refractivity contribution is -0.268. The standard InChI is InChI=1S/C40H42N4O6S2/c1-25-35(24-51-40-44-43-26(2)52-40)49-38(50-36(25)31-14-12-28(23-45)13-15-31)32-18-16-30(17-19-32)33-11-7-10-29(20-33)22-41-39(47)42-34(37(46)48-3)21-27-8-5-4-6-9-27/h4-20,25,34-36,38,45H,21-24H2,1-3H3,(H2,41,42,47)/t25-,34-,35+,36+,38+/m0/s1. The Kier molecular flexibility index (Phi) is 12.7. The first-order valence-corrected chi connectivity index (χ1v) is 18.9. The summed E-state index contributed by atoms with van der Waals surface area (Å²) in [6.07, 6.45) is -0.586. The Hall–Kier alpha value is -4.59. The van der Waals surface area contributed by atoms with Crippen LogP contribution in [0, 0.1) is 12.8 Å². The fraction of sp³-hybridized carbons (Fsp3) is 0.300. The van der Waals surface area contributed by atoms with Crippen molar-refractivity contribution in [3.63, 3.8) is 0 Å². The summed E-state index contributed by atoms with van der Waals surface area (Å²) in [6, 6.07) is 32.2. The summed E-state index contributed by atoms with van der Waals surface area (Å²) in [6.45, 7) is 4.36. The van der Waals surface area contributed by atoms with Crippen LogP contribution >= 0.6 is 23.1 Å². The third-order valence-electron chi connectivity index (χ3n) is 8.97. The molecule has 4 aromatic carbocycles. The Morgan fingerprint density at radius 2 is 1.62 bits per heavy atom. The normalized spacial score (nSPS) is 19.1. The number of nitrogens with zero attached hydrogens (tertiary/aromatic N) is 2. The van der Waals surface area contributed by atoms with E-state index in [0.29, 0.717) is 12.2 Å². The number of hydrogen-bond donors (Lipinski definition) is 3. The summed E-state index contributed by atoms with van der Waals surface area (Å²) in [5, 5.41) is 24.5. The van der Waals surface area contributed by atoms with E-state index in [1.165, 1.54) is 7.11 Å². The van der Waals surface area contributed by atoms with Gasteiger partial charge >= 0.3 is 12.0 Å². The lowest BCUT2D eigenvalue weighted by atomic mass is 9.91. The highest BCUT2D eigenvalue weighted by atomic mass is 32.2. The molecule has 0 spiro atoms. The predicted octanol–water partition coefficient (Wildman–Crippen LogP) is 7.17. The zero-order valence-corrected chi connectivity index (χ0v) is 30.9. The minimum atomic E-state index is -0.812. The van der Waals surface area contributed by atoms with Crippen molar-refractivity contribution < 1.29 is 28.9 Å². The smallest absolute Gasteiger partial charge is 0.328 e. The first kappa shape index (κ1) is 37.2. The molecule has 6 rings (SSSR count). The average molecular weight is 739 g/mol. The highest BCUT2D eigenvalue weighted by molar-refractivity contribution is 8.01. The molecular weight excluding hydrogens is 697 g/mol. The summed E-state index contributed by atoms with van der Waals surface area (Å²) in [5.74, 6) is 0.257. The van der Waals surface area contributed by atoms with E-state index in [4.69, 9.17) is 14.2 Å². The monoisotopic (exact) mass is 738 g/mol. The van der Waals surface area contributed by atoms with Crippen LogP contribution in [0.4, 0.5) is 4.79 Å². The van der Waals surface area contributed by atoms with Gasteiger partial charge in [-0.05, 0) is 46.4 Å². The van der Waals surface area contributed by atoms with Crippen molar-refractivity contribution in [3.05, 3.63) is 136 Å².